The van der Waals surface area contributed by atoms with E-state index < -0.39 is 11.5 Å². The van der Waals surface area contributed by atoms with E-state index in [1.165, 1.54) is 4.90 Å². The van der Waals surface area contributed by atoms with Gasteiger partial charge in [0.05, 0.1) is 0 Å². The summed E-state index contributed by atoms with van der Waals surface area (Å²) in [5, 5.41) is 8.71. The van der Waals surface area contributed by atoms with Gasteiger partial charge in [-0.25, -0.2) is 0 Å². The van der Waals surface area contributed by atoms with Crippen LogP contribution in [-0.4, -0.2) is 34.0 Å². The van der Waals surface area contributed by atoms with Gasteiger partial charge in [0.15, 0.2) is 0 Å². The fraction of sp³-hybridized carbons (Fsp3) is 0.636. The fourth-order valence-corrected chi connectivity index (χ4v) is 1.20. The topological polar surface area (TPSA) is 57.6 Å². The van der Waals surface area contributed by atoms with E-state index in [-0.39, 0.29) is 12.5 Å². The van der Waals surface area contributed by atoms with Crippen molar-refractivity contribution in [1.29, 1.82) is 0 Å². The Hall–Kier alpha value is -1.32. The summed E-state index contributed by atoms with van der Waals surface area (Å²) in [5.41, 5.74) is -0.462. The number of carbonyl (C=O) groups excluding carboxylic acids is 1. The first-order valence-electron chi connectivity index (χ1n) is 4.92. The van der Waals surface area contributed by atoms with Crippen LogP contribution in [0.5, 0.6) is 0 Å². The van der Waals surface area contributed by atoms with Crippen molar-refractivity contribution in [1.82, 2.24) is 4.90 Å². The number of nitrogens with zero attached hydrogens (tertiary/aromatic N) is 1. The van der Waals surface area contributed by atoms with Crippen LogP contribution in [0.15, 0.2) is 12.7 Å². The van der Waals surface area contributed by atoms with Crippen LogP contribution in [0.4, 0.5) is 0 Å². The quantitative estimate of drug-likeness (QED) is 0.707. The standard InChI is InChI=1S/C11H19NO3/c1-5-6-7-9(13)12(8-10(14)15)11(2,3)4/h5H,1,6-8H2,2-4H3,(H,14,15). The predicted octanol–water partition coefficient (Wildman–Crippen LogP) is 1.66. The minimum atomic E-state index is -0.989. The van der Waals surface area contributed by atoms with Crippen LogP contribution in [-0.2, 0) is 9.59 Å². The van der Waals surface area contributed by atoms with Crippen molar-refractivity contribution in [3.8, 4) is 0 Å². The maximum absolute atomic E-state index is 11.7. The van der Waals surface area contributed by atoms with Crippen molar-refractivity contribution in [2.45, 2.75) is 39.2 Å². The summed E-state index contributed by atoms with van der Waals surface area (Å²) in [5.74, 6) is -1.14. The molecule has 1 N–H and O–H groups in total. The van der Waals surface area contributed by atoms with E-state index in [1.54, 1.807) is 6.08 Å². The van der Waals surface area contributed by atoms with Gasteiger partial charge in [0.1, 0.15) is 6.54 Å². The lowest BCUT2D eigenvalue weighted by molar-refractivity contribution is -0.148. The first kappa shape index (κ1) is 13.7. The summed E-state index contributed by atoms with van der Waals surface area (Å²) in [4.78, 5) is 23.7. The number of amides is 1. The van der Waals surface area contributed by atoms with Gasteiger partial charge in [0, 0.05) is 12.0 Å². The Labute approximate surface area is 90.6 Å². The molecule has 0 heterocycles. The first-order chi connectivity index (χ1) is 6.79. The lowest BCUT2D eigenvalue weighted by atomic mass is 10.0. The highest BCUT2D eigenvalue weighted by Crippen LogP contribution is 2.15. The van der Waals surface area contributed by atoms with Gasteiger partial charge in [-0.05, 0) is 27.2 Å². The van der Waals surface area contributed by atoms with Gasteiger partial charge in [0.25, 0.3) is 0 Å². The third-order valence-corrected chi connectivity index (χ3v) is 1.97. The number of hydrogen-bond donors (Lipinski definition) is 1. The second-order valence-corrected chi connectivity index (χ2v) is 4.37. The summed E-state index contributed by atoms with van der Waals surface area (Å²) in [6.45, 7) is 8.74. The predicted molar refractivity (Wildman–Crippen MR) is 58.5 cm³/mol. The largest absolute Gasteiger partial charge is 0.480 e. The van der Waals surface area contributed by atoms with E-state index in [2.05, 4.69) is 6.58 Å². The van der Waals surface area contributed by atoms with Gasteiger partial charge < -0.3 is 10.0 Å². The molecule has 0 unspecified atom stereocenters. The molecule has 0 atom stereocenters. The number of allylic oxidation sites excluding steroid dienone is 1. The molecule has 86 valence electrons. The highest BCUT2D eigenvalue weighted by molar-refractivity contribution is 5.82. The van der Waals surface area contributed by atoms with Crippen molar-refractivity contribution in [2.75, 3.05) is 6.54 Å². The van der Waals surface area contributed by atoms with Crippen LogP contribution in [0.3, 0.4) is 0 Å². The Balaban J connectivity index is 4.55. The summed E-state index contributed by atoms with van der Waals surface area (Å²) < 4.78 is 0. The number of rotatable bonds is 5. The number of carboxylic acid groups (broad SMARTS) is 1. The van der Waals surface area contributed by atoms with E-state index >= 15 is 0 Å². The highest BCUT2D eigenvalue weighted by atomic mass is 16.4. The lowest BCUT2D eigenvalue weighted by Crippen LogP contribution is -2.48. The zero-order valence-electron chi connectivity index (χ0n) is 9.62. The van der Waals surface area contributed by atoms with Gasteiger partial charge in [-0.1, -0.05) is 6.08 Å². The van der Waals surface area contributed by atoms with E-state index in [9.17, 15) is 9.59 Å². The molecule has 0 fully saturated rings. The Kier molecular flexibility index (Phi) is 5.05. The minimum Gasteiger partial charge on any atom is -0.480 e. The second kappa shape index (κ2) is 5.53. The Morgan fingerprint density at radius 2 is 1.93 bits per heavy atom. The zero-order valence-corrected chi connectivity index (χ0v) is 9.62. The van der Waals surface area contributed by atoms with E-state index in [1.807, 2.05) is 20.8 Å². The van der Waals surface area contributed by atoms with Crippen molar-refractivity contribution in [3.63, 3.8) is 0 Å². The van der Waals surface area contributed by atoms with Crippen molar-refractivity contribution >= 4 is 11.9 Å². The smallest absolute Gasteiger partial charge is 0.323 e. The average molecular weight is 213 g/mol. The maximum Gasteiger partial charge on any atom is 0.323 e. The molecule has 0 aromatic carbocycles. The molecule has 0 aliphatic heterocycles. The van der Waals surface area contributed by atoms with Crippen LogP contribution in [0.2, 0.25) is 0 Å². The molecule has 0 saturated heterocycles. The summed E-state index contributed by atoms with van der Waals surface area (Å²) in [6, 6.07) is 0. The molecule has 0 aliphatic rings. The van der Waals surface area contributed by atoms with E-state index in [4.69, 9.17) is 5.11 Å². The molecular formula is C11H19NO3. The normalized spacial score (nSPS) is 10.9. The van der Waals surface area contributed by atoms with Crippen LogP contribution >= 0.6 is 0 Å². The van der Waals surface area contributed by atoms with Crippen molar-refractivity contribution in [2.24, 2.45) is 0 Å². The maximum atomic E-state index is 11.7. The zero-order chi connectivity index (χ0) is 12.1. The molecule has 0 radical (unpaired) electrons. The summed E-state index contributed by atoms with van der Waals surface area (Å²) in [7, 11) is 0. The summed E-state index contributed by atoms with van der Waals surface area (Å²) in [6.07, 6.45) is 2.54. The molecule has 0 spiro atoms. The number of hydrogen-bond acceptors (Lipinski definition) is 2. The van der Waals surface area contributed by atoms with Crippen LogP contribution in [0, 0.1) is 0 Å². The molecule has 0 saturated carbocycles. The number of carbonyl (C=O) groups is 2. The Morgan fingerprint density at radius 3 is 2.27 bits per heavy atom. The number of carboxylic acids is 1. The van der Waals surface area contributed by atoms with Crippen molar-refractivity contribution < 1.29 is 14.7 Å². The first-order valence-corrected chi connectivity index (χ1v) is 4.92. The van der Waals surface area contributed by atoms with Gasteiger partial charge in [-0.15, -0.1) is 6.58 Å². The van der Waals surface area contributed by atoms with Crippen LogP contribution < -0.4 is 0 Å². The summed E-state index contributed by atoms with van der Waals surface area (Å²) >= 11 is 0. The fourth-order valence-electron chi connectivity index (χ4n) is 1.20. The van der Waals surface area contributed by atoms with Gasteiger partial charge in [-0.2, -0.15) is 0 Å². The van der Waals surface area contributed by atoms with Crippen molar-refractivity contribution in [3.05, 3.63) is 12.7 Å². The van der Waals surface area contributed by atoms with Gasteiger partial charge >= 0.3 is 5.97 Å². The van der Waals surface area contributed by atoms with Crippen LogP contribution in [0.25, 0.3) is 0 Å². The monoisotopic (exact) mass is 213 g/mol. The molecule has 4 heteroatoms. The van der Waals surface area contributed by atoms with E-state index in [0.717, 1.165) is 0 Å². The molecule has 1 amide bonds. The Bertz CT molecular complexity index is 253. The molecule has 0 aliphatic carbocycles. The molecule has 0 aromatic heterocycles. The lowest BCUT2D eigenvalue weighted by Gasteiger charge is -2.34. The Morgan fingerprint density at radius 1 is 1.40 bits per heavy atom. The third kappa shape index (κ3) is 5.20. The second-order valence-electron chi connectivity index (χ2n) is 4.37. The van der Waals surface area contributed by atoms with Crippen LogP contribution in [0.1, 0.15) is 33.6 Å². The molecule has 15 heavy (non-hydrogen) atoms. The van der Waals surface area contributed by atoms with Gasteiger partial charge in [0.2, 0.25) is 5.91 Å². The average Bonchev–Trinajstić information content (AvgIpc) is 2.08. The molecular weight excluding hydrogens is 194 g/mol. The van der Waals surface area contributed by atoms with Gasteiger partial charge in [-0.3, -0.25) is 9.59 Å². The minimum absolute atomic E-state index is 0.148. The molecule has 0 bridgehead atoms. The third-order valence-electron chi connectivity index (χ3n) is 1.97. The molecule has 4 nitrogen and oxygen atoms in total. The molecule has 0 aromatic rings. The molecule has 0 rings (SSSR count). The van der Waals surface area contributed by atoms with E-state index in [0.29, 0.717) is 12.8 Å². The SMILES string of the molecule is C=CCCC(=O)N(CC(=O)O)C(C)(C)C. The highest BCUT2D eigenvalue weighted by Gasteiger charge is 2.27. The number of aliphatic carboxylic acids is 1.